The lowest BCUT2D eigenvalue weighted by Gasteiger charge is -2.14. The van der Waals surface area contributed by atoms with Gasteiger partial charge in [0.15, 0.2) is 11.5 Å². The molecule has 3 aromatic heterocycles. The van der Waals surface area contributed by atoms with Crippen LogP contribution in [0.15, 0.2) is 54.9 Å². The van der Waals surface area contributed by atoms with Crippen molar-refractivity contribution in [1.82, 2.24) is 24.5 Å². The second-order valence-electron chi connectivity index (χ2n) is 6.80. The topological polar surface area (TPSA) is 109 Å². The molecule has 0 radical (unpaired) electrons. The average molecular weight is 436 g/mol. The first-order chi connectivity index (χ1) is 14.5. The molecule has 0 atom stereocenters. The summed E-state index contributed by atoms with van der Waals surface area (Å²) in [4.78, 5) is 17.5. The molecule has 0 unspecified atom stereocenters. The maximum Gasteiger partial charge on any atom is 0.224 e. The van der Waals surface area contributed by atoms with Crippen LogP contribution in [0.3, 0.4) is 0 Å². The van der Waals surface area contributed by atoms with Crippen LogP contribution < -0.4 is 11.5 Å². The molecule has 0 saturated carbocycles. The highest BCUT2D eigenvalue weighted by molar-refractivity contribution is 6.35. The van der Waals surface area contributed by atoms with Crippen molar-refractivity contribution in [1.29, 1.82) is 0 Å². The highest BCUT2D eigenvalue weighted by Gasteiger charge is 2.16. The molecule has 3 heterocycles. The van der Waals surface area contributed by atoms with E-state index < -0.39 is 0 Å². The fourth-order valence-corrected chi connectivity index (χ4v) is 3.95. The van der Waals surface area contributed by atoms with Gasteiger partial charge in [-0.2, -0.15) is 9.97 Å². The lowest BCUT2D eigenvalue weighted by molar-refractivity contribution is 0.813. The van der Waals surface area contributed by atoms with Gasteiger partial charge >= 0.3 is 0 Å². The van der Waals surface area contributed by atoms with Crippen molar-refractivity contribution < 1.29 is 0 Å². The van der Waals surface area contributed by atoms with Crippen LogP contribution in [0.25, 0.3) is 33.3 Å². The van der Waals surface area contributed by atoms with E-state index in [0.717, 1.165) is 22.2 Å². The third-order valence-corrected chi connectivity index (χ3v) is 5.49. The van der Waals surface area contributed by atoms with E-state index in [0.29, 0.717) is 33.3 Å². The van der Waals surface area contributed by atoms with Crippen LogP contribution in [-0.2, 0) is 6.54 Å². The van der Waals surface area contributed by atoms with Crippen LogP contribution in [-0.4, -0.2) is 24.5 Å². The summed E-state index contributed by atoms with van der Waals surface area (Å²) in [6.07, 6.45) is 1.66. The Labute approximate surface area is 181 Å². The molecule has 30 heavy (non-hydrogen) atoms. The fourth-order valence-electron chi connectivity index (χ4n) is 3.50. The van der Waals surface area contributed by atoms with Crippen molar-refractivity contribution in [3.8, 4) is 11.3 Å². The Hall–Kier alpha value is -3.42. The van der Waals surface area contributed by atoms with Gasteiger partial charge in [-0.3, -0.25) is 0 Å². The van der Waals surface area contributed by atoms with Gasteiger partial charge in [0.25, 0.3) is 0 Å². The van der Waals surface area contributed by atoms with Gasteiger partial charge in [0.2, 0.25) is 5.95 Å². The molecule has 5 rings (SSSR count). The van der Waals surface area contributed by atoms with Crippen LogP contribution in [0.5, 0.6) is 0 Å². The fraction of sp³-hybridized carbons (Fsp3) is 0.0476. The second-order valence-corrected chi connectivity index (χ2v) is 7.61. The first-order valence-electron chi connectivity index (χ1n) is 9.08. The van der Waals surface area contributed by atoms with Crippen LogP contribution >= 0.6 is 23.2 Å². The number of fused-ring (bicyclic) bond motifs is 2. The maximum absolute atomic E-state index is 6.49. The summed E-state index contributed by atoms with van der Waals surface area (Å²) in [6.45, 7) is 0.433. The monoisotopic (exact) mass is 435 g/mol. The molecule has 0 aliphatic heterocycles. The minimum atomic E-state index is 0.0940. The van der Waals surface area contributed by atoms with Crippen molar-refractivity contribution >= 4 is 57.0 Å². The number of anilines is 2. The molecule has 0 amide bonds. The predicted molar refractivity (Wildman–Crippen MR) is 120 cm³/mol. The highest BCUT2D eigenvalue weighted by atomic mass is 35.5. The molecule has 0 bridgehead atoms. The second kappa shape index (κ2) is 7.12. The number of para-hydroxylation sites is 1. The smallest absolute Gasteiger partial charge is 0.224 e. The molecule has 2 aromatic carbocycles. The number of benzene rings is 2. The van der Waals surface area contributed by atoms with Crippen LogP contribution in [0.2, 0.25) is 10.0 Å². The van der Waals surface area contributed by atoms with Crippen molar-refractivity contribution in [2.24, 2.45) is 0 Å². The number of nitrogens with two attached hydrogens (primary N) is 2. The van der Waals surface area contributed by atoms with Crippen molar-refractivity contribution in [3.63, 3.8) is 0 Å². The van der Waals surface area contributed by atoms with Crippen molar-refractivity contribution in [2.75, 3.05) is 11.5 Å². The number of aromatic nitrogens is 5. The predicted octanol–water partition coefficient (Wildman–Crippen LogP) is 4.56. The van der Waals surface area contributed by atoms with E-state index in [1.807, 2.05) is 53.1 Å². The van der Waals surface area contributed by atoms with Crippen LogP contribution in [0.1, 0.15) is 5.56 Å². The Balaban J connectivity index is 1.74. The third-order valence-electron chi connectivity index (χ3n) is 4.85. The van der Waals surface area contributed by atoms with Gasteiger partial charge in [-0.15, -0.1) is 0 Å². The van der Waals surface area contributed by atoms with E-state index >= 15 is 0 Å². The van der Waals surface area contributed by atoms with E-state index in [-0.39, 0.29) is 11.8 Å². The van der Waals surface area contributed by atoms with Crippen molar-refractivity contribution in [2.45, 2.75) is 6.54 Å². The molecule has 0 aliphatic carbocycles. The maximum atomic E-state index is 6.49. The van der Waals surface area contributed by atoms with E-state index in [1.165, 1.54) is 0 Å². The van der Waals surface area contributed by atoms with Gasteiger partial charge in [-0.05, 0) is 23.8 Å². The molecule has 5 aromatic rings. The summed E-state index contributed by atoms with van der Waals surface area (Å²) < 4.78 is 1.86. The number of imidazole rings is 1. The summed E-state index contributed by atoms with van der Waals surface area (Å²) in [5, 5.41) is 2.10. The summed E-state index contributed by atoms with van der Waals surface area (Å²) >= 11 is 12.9. The molecule has 0 fully saturated rings. The Morgan fingerprint density at radius 3 is 2.50 bits per heavy atom. The largest absolute Gasteiger partial charge is 0.382 e. The summed E-state index contributed by atoms with van der Waals surface area (Å²) in [6, 6.07) is 15.3. The van der Waals surface area contributed by atoms with Crippen LogP contribution in [0.4, 0.5) is 11.8 Å². The number of hydrogen-bond donors (Lipinski definition) is 2. The highest BCUT2D eigenvalue weighted by Crippen LogP contribution is 2.33. The van der Waals surface area contributed by atoms with E-state index in [4.69, 9.17) is 39.7 Å². The first kappa shape index (κ1) is 18.6. The quantitative estimate of drug-likeness (QED) is 0.429. The Morgan fingerprint density at radius 2 is 1.67 bits per heavy atom. The Bertz CT molecular complexity index is 1430. The van der Waals surface area contributed by atoms with E-state index in [9.17, 15) is 0 Å². The third kappa shape index (κ3) is 3.08. The average Bonchev–Trinajstić information content (AvgIpc) is 3.11. The van der Waals surface area contributed by atoms with Gasteiger partial charge in [0, 0.05) is 16.0 Å². The minimum absolute atomic E-state index is 0.0940. The zero-order valence-corrected chi connectivity index (χ0v) is 17.1. The van der Waals surface area contributed by atoms with E-state index in [2.05, 4.69) is 15.0 Å². The molecule has 148 valence electrons. The lowest BCUT2D eigenvalue weighted by Crippen LogP contribution is -2.06. The summed E-state index contributed by atoms with van der Waals surface area (Å²) in [7, 11) is 0. The molecule has 0 spiro atoms. The van der Waals surface area contributed by atoms with Gasteiger partial charge in [-0.25, -0.2) is 9.97 Å². The number of rotatable bonds is 3. The normalized spacial score (nSPS) is 11.4. The standard InChI is InChI=1S/C21H15Cl2N7/c22-14-6-2-1-5-13(14)16-12(8-11-4-3-7-15(23)17(11)27-16)9-30-10-26-18-19(24)28-21(25)29-20(18)30/h1-8,10H,9H2,(H4,24,25,28,29). The summed E-state index contributed by atoms with van der Waals surface area (Å²) in [5.41, 5.74) is 16.0. The molecular weight excluding hydrogens is 421 g/mol. The zero-order chi connectivity index (χ0) is 20.8. The molecular formula is C21H15Cl2N7. The van der Waals surface area contributed by atoms with E-state index in [1.54, 1.807) is 6.33 Å². The van der Waals surface area contributed by atoms with Gasteiger partial charge in [-0.1, -0.05) is 53.5 Å². The zero-order valence-electron chi connectivity index (χ0n) is 15.5. The van der Waals surface area contributed by atoms with Gasteiger partial charge in [0.1, 0.15) is 5.52 Å². The Kier molecular flexibility index (Phi) is 4.42. The molecule has 4 N–H and O–H groups in total. The van der Waals surface area contributed by atoms with Crippen molar-refractivity contribution in [3.05, 3.63) is 70.5 Å². The molecule has 7 nitrogen and oxygen atoms in total. The number of nitrogens with zero attached hydrogens (tertiary/aromatic N) is 5. The Morgan fingerprint density at radius 1 is 0.867 bits per heavy atom. The number of hydrogen-bond acceptors (Lipinski definition) is 6. The SMILES string of the molecule is Nc1nc(N)c2ncn(Cc3cc4cccc(Cl)c4nc3-c3ccccc3Cl)c2n1. The molecule has 0 aliphatic rings. The number of halogens is 2. The summed E-state index contributed by atoms with van der Waals surface area (Å²) in [5.74, 6) is 0.336. The van der Waals surface area contributed by atoms with Crippen LogP contribution in [0, 0.1) is 0 Å². The first-order valence-corrected chi connectivity index (χ1v) is 9.83. The number of pyridine rings is 1. The molecule has 0 saturated heterocycles. The number of nitrogen functional groups attached to an aromatic ring is 2. The van der Waals surface area contributed by atoms with Gasteiger partial charge in [0.05, 0.1) is 29.1 Å². The minimum Gasteiger partial charge on any atom is -0.382 e. The lowest BCUT2D eigenvalue weighted by atomic mass is 10.0. The van der Waals surface area contributed by atoms with Gasteiger partial charge < -0.3 is 16.0 Å². The molecule has 9 heteroatoms.